The van der Waals surface area contributed by atoms with Gasteiger partial charge in [-0.25, -0.2) is 9.97 Å². The van der Waals surface area contributed by atoms with Crippen molar-refractivity contribution in [3.8, 4) is 10.7 Å². The number of hydrogen-bond donors (Lipinski definition) is 0. The highest BCUT2D eigenvalue weighted by molar-refractivity contribution is 9.10. The SMILES string of the molecule is Brc1cnccc1CN1CCc2nc(-c3cccs3)ncc2C1. The minimum absolute atomic E-state index is 0.851. The van der Waals surface area contributed by atoms with Crippen molar-refractivity contribution in [3.05, 3.63) is 63.5 Å². The maximum absolute atomic E-state index is 4.77. The van der Waals surface area contributed by atoms with E-state index in [-0.39, 0.29) is 0 Å². The second kappa shape index (κ2) is 6.47. The van der Waals surface area contributed by atoms with E-state index >= 15 is 0 Å². The fourth-order valence-electron chi connectivity index (χ4n) is 2.81. The maximum Gasteiger partial charge on any atom is 0.169 e. The molecule has 0 aromatic carbocycles. The average molecular weight is 387 g/mol. The Balaban J connectivity index is 1.53. The minimum atomic E-state index is 0.851. The monoisotopic (exact) mass is 386 g/mol. The second-order valence-electron chi connectivity index (χ2n) is 5.57. The summed E-state index contributed by atoms with van der Waals surface area (Å²) in [7, 11) is 0. The molecule has 3 aromatic rings. The van der Waals surface area contributed by atoms with Gasteiger partial charge in [-0.15, -0.1) is 11.3 Å². The Bertz CT molecular complexity index is 819. The molecule has 0 atom stereocenters. The van der Waals surface area contributed by atoms with Crippen LogP contribution < -0.4 is 0 Å². The van der Waals surface area contributed by atoms with Crippen molar-refractivity contribution in [2.24, 2.45) is 0 Å². The van der Waals surface area contributed by atoms with Gasteiger partial charge in [-0.3, -0.25) is 9.88 Å². The Labute approximate surface area is 147 Å². The molecule has 1 aliphatic heterocycles. The molecule has 116 valence electrons. The van der Waals surface area contributed by atoms with Gasteiger partial charge in [0.15, 0.2) is 5.82 Å². The molecule has 0 fully saturated rings. The van der Waals surface area contributed by atoms with Gasteiger partial charge in [-0.2, -0.15) is 0 Å². The number of aromatic nitrogens is 3. The predicted octanol–water partition coefficient (Wildman–Crippen LogP) is 3.92. The Kier molecular flexibility index (Phi) is 4.20. The van der Waals surface area contributed by atoms with Crippen molar-refractivity contribution >= 4 is 27.3 Å². The first-order chi connectivity index (χ1) is 11.3. The van der Waals surface area contributed by atoms with E-state index in [1.807, 2.05) is 24.7 Å². The van der Waals surface area contributed by atoms with E-state index in [9.17, 15) is 0 Å². The van der Waals surface area contributed by atoms with Gasteiger partial charge in [0.05, 0.1) is 10.6 Å². The second-order valence-corrected chi connectivity index (χ2v) is 7.37. The summed E-state index contributed by atoms with van der Waals surface area (Å²) in [6.45, 7) is 2.83. The van der Waals surface area contributed by atoms with E-state index in [0.717, 1.165) is 41.2 Å². The summed E-state index contributed by atoms with van der Waals surface area (Å²) in [6.07, 6.45) is 6.65. The van der Waals surface area contributed by atoms with Gasteiger partial charge in [0.1, 0.15) is 0 Å². The van der Waals surface area contributed by atoms with E-state index < -0.39 is 0 Å². The summed E-state index contributed by atoms with van der Waals surface area (Å²) in [5, 5.41) is 2.06. The molecule has 0 N–H and O–H groups in total. The summed E-state index contributed by atoms with van der Waals surface area (Å²) in [5.74, 6) is 0.851. The molecule has 0 unspecified atom stereocenters. The normalized spacial score (nSPS) is 14.7. The van der Waals surface area contributed by atoms with Gasteiger partial charge >= 0.3 is 0 Å². The van der Waals surface area contributed by atoms with Crippen molar-refractivity contribution in [1.82, 2.24) is 19.9 Å². The van der Waals surface area contributed by atoms with Crippen LogP contribution in [0.5, 0.6) is 0 Å². The molecular formula is C17H15BrN4S. The third-order valence-corrected chi connectivity index (χ3v) is 5.58. The smallest absolute Gasteiger partial charge is 0.169 e. The zero-order valence-electron chi connectivity index (χ0n) is 12.4. The van der Waals surface area contributed by atoms with Gasteiger partial charge in [-0.05, 0) is 39.0 Å². The zero-order chi connectivity index (χ0) is 15.6. The lowest BCUT2D eigenvalue weighted by Gasteiger charge is -2.28. The summed E-state index contributed by atoms with van der Waals surface area (Å²) < 4.78 is 1.06. The molecule has 4 heterocycles. The van der Waals surface area contributed by atoms with Crippen molar-refractivity contribution in [3.63, 3.8) is 0 Å². The zero-order valence-corrected chi connectivity index (χ0v) is 14.8. The van der Waals surface area contributed by atoms with Crippen molar-refractivity contribution in [2.45, 2.75) is 19.5 Å². The Morgan fingerprint density at radius 2 is 2.22 bits per heavy atom. The van der Waals surface area contributed by atoms with E-state index in [1.54, 1.807) is 11.3 Å². The number of fused-ring (bicyclic) bond motifs is 1. The summed E-state index contributed by atoms with van der Waals surface area (Å²) in [6, 6.07) is 6.18. The average Bonchev–Trinajstić information content (AvgIpc) is 3.11. The largest absolute Gasteiger partial charge is 0.294 e. The Morgan fingerprint density at radius 3 is 3.04 bits per heavy atom. The molecule has 3 aromatic heterocycles. The molecule has 1 aliphatic rings. The molecule has 0 bridgehead atoms. The fourth-order valence-corrected chi connectivity index (χ4v) is 3.85. The number of halogens is 1. The van der Waals surface area contributed by atoms with E-state index in [4.69, 9.17) is 4.98 Å². The van der Waals surface area contributed by atoms with Crippen LogP contribution in [0.2, 0.25) is 0 Å². The van der Waals surface area contributed by atoms with Crippen molar-refractivity contribution in [2.75, 3.05) is 6.54 Å². The molecule has 23 heavy (non-hydrogen) atoms. The van der Waals surface area contributed by atoms with Crippen molar-refractivity contribution < 1.29 is 0 Å². The van der Waals surface area contributed by atoms with Gasteiger partial charge < -0.3 is 0 Å². The molecule has 0 saturated carbocycles. The van der Waals surface area contributed by atoms with Gasteiger partial charge in [0, 0.05) is 54.7 Å². The van der Waals surface area contributed by atoms with Crippen LogP contribution in [0.4, 0.5) is 0 Å². The number of nitrogens with zero attached hydrogens (tertiary/aromatic N) is 4. The lowest BCUT2D eigenvalue weighted by Crippen LogP contribution is -2.31. The highest BCUT2D eigenvalue weighted by atomic mass is 79.9. The summed E-state index contributed by atoms with van der Waals surface area (Å²) in [5.41, 5.74) is 3.69. The first-order valence-electron chi connectivity index (χ1n) is 7.49. The first-order valence-corrected chi connectivity index (χ1v) is 9.16. The number of pyridine rings is 1. The van der Waals surface area contributed by atoms with Crippen LogP contribution in [-0.4, -0.2) is 26.4 Å². The number of thiophene rings is 1. The molecule has 0 aliphatic carbocycles. The minimum Gasteiger partial charge on any atom is -0.294 e. The van der Waals surface area contributed by atoms with Gasteiger partial charge in [0.25, 0.3) is 0 Å². The topological polar surface area (TPSA) is 41.9 Å². The van der Waals surface area contributed by atoms with Crippen LogP contribution in [0.1, 0.15) is 16.8 Å². The Morgan fingerprint density at radius 1 is 1.26 bits per heavy atom. The standard InChI is InChI=1S/C17H15BrN4S/c18-14-9-19-5-3-12(14)10-22-6-4-15-13(11-22)8-20-17(21-15)16-2-1-7-23-16/h1-3,5,7-9H,4,6,10-11H2. The van der Waals surface area contributed by atoms with Crippen LogP contribution >= 0.6 is 27.3 Å². The summed E-state index contributed by atoms with van der Waals surface area (Å²) >= 11 is 5.26. The third-order valence-electron chi connectivity index (χ3n) is 4.00. The molecule has 6 heteroatoms. The number of rotatable bonds is 3. The van der Waals surface area contributed by atoms with E-state index in [2.05, 4.69) is 48.3 Å². The molecule has 0 amide bonds. The molecule has 0 spiro atoms. The highest BCUT2D eigenvalue weighted by Crippen LogP contribution is 2.25. The summed E-state index contributed by atoms with van der Waals surface area (Å²) in [4.78, 5) is 17.0. The number of hydrogen-bond acceptors (Lipinski definition) is 5. The van der Waals surface area contributed by atoms with Crippen molar-refractivity contribution in [1.29, 1.82) is 0 Å². The quantitative estimate of drug-likeness (QED) is 0.683. The molecule has 4 nitrogen and oxygen atoms in total. The van der Waals surface area contributed by atoms with Crippen LogP contribution in [0.15, 0.2) is 46.6 Å². The Hall–Kier alpha value is -1.63. The van der Waals surface area contributed by atoms with Crippen LogP contribution in [-0.2, 0) is 19.5 Å². The van der Waals surface area contributed by atoms with E-state index in [0.29, 0.717) is 0 Å². The lowest BCUT2D eigenvalue weighted by molar-refractivity contribution is 0.242. The lowest BCUT2D eigenvalue weighted by atomic mass is 10.1. The van der Waals surface area contributed by atoms with E-state index in [1.165, 1.54) is 16.8 Å². The van der Waals surface area contributed by atoms with Gasteiger partial charge in [0.2, 0.25) is 0 Å². The van der Waals surface area contributed by atoms with Gasteiger partial charge in [-0.1, -0.05) is 6.07 Å². The third kappa shape index (κ3) is 3.20. The van der Waals surface area contributed by atoms with Crippen LogP contribution in [0, 0.1) is 0 Å². The molecule has 0 radical (unpaired) electrons. The van der Waals surface area contributed by atoms with Crippen LogP contribution in [0.25, 0.3) is 10.7 Å². The maximum atomic E-state index is 4.77. The molecular weight excluding hydrogens is 372 g/mol. The fraction of sp³-hybridized carbons (Fsp3) is 0.235. The first kappa shape index (κ1) is 14.9. The van der Waals surface area contributed by atoms with Crippen LogP contribution in [0.3, 0.4) is 0 Å². The predicted molar refractivity (Wildman–Crippen MR) is 95.1 cm³/mol. The molecule has 0 saturated heterocycles. The highest BCUT2D eigenvalue weighted by Gasteiger charge is 2.19. The molecule has 4 rings (SSSR count).